The predicted molar refractivity (Wildman–Crippen MR) is 86.1 cm³/mol. The van der Waals surface area contributed by atoms with Crippen molar-refractivity contribution in [3.8, 4) is 5.75 Å². The maximum Gasteiger partial charge on any atom is 0.153 e. The van der Waals surface area contributed by atoms with Crippen molar-refractivity contribution in [1.82, 2.24) is 9.97 Å². The normalized spacial score (nSPS) is 12.6. The van der Waals surface area contributed by atoms with Gasteiger partial charge in [-0.1, -0.05) is 23.7 Å². The molecule has 1 atom stereocenters. The molecule has 1 aromatic heterocycles. The molecule has 108 valence electrons. The molecule has 3 rings (SSSR count). The van der Waals surface area contributed by atoms with E-state index in [1.165, 1.54) is 0 Å². The molecule has 1 heterocycles. The van der Waals surface area contributed by atoms with E-state index in [-0.39, 0.29) is 6.10 Å². The standard InChI is InChI=1S/C17H17ClN2O/c1-10-5-4-6-15-16(10)20-17(19-15)12(3)21-13-7-8-14(18)11(2)9-13/h4-9,12H,1-3H3,(H,19,20)/t12-/m0/s1. The number of rotatable bonds is 3. The highest BCUT2D eigenvalue weighted by atomic mass is 35.5. The molecule has 4 heteroatoms. The van der Waals surface area contributed by atoms with Crippen molar-refractivity contribution in [2.75, 3.05) is 0 Å². The van der Waals surface area contributed by atoms with Gasteiger partial charge in [0.1, 0.15) is 11.6 Å². The van der Waals surface area contributed by atoms with Gasteiger partial charge in [-0.05, 0) is 56.2 Å². The van der Waals surface area contributed by atoms with Crippen LogP contribution in [0.3, 0.4) is 0 Å². The number of nitrogens with one attached hydrogen (secondary N) is 1. The molecule has 0 bridgehead atoms. The van der Waals surface area contributed by atoms with E-state index in [2.05, 4.69) is 23.0 Å². The number of nitrogens with zero attached hydrogens (tertiary/aromatic N) is 1. The molecule has 0 amide bonds. The molecule has 0 aliphatic heterocycles. The van der Waals surface area contributed by atoms with Gasteiger partial charge in [-0.3, -0.25) is 0 Å². The van der Waals surface area contributed by atoms with Crippen molar-refractivity contribution in [2.45, 2.75) is 26.9 Å². The zero-order chi connectivity index (χ0) is 15.0. The molecule has 0 radical (unpaired) electrons. The molecule has 0 spiro atoms. The minimum Gasteiger partial charge on any atom is -0.483 e. The smallest absolute Gasteiger partial charge is 0.153 e. The van der Waals surface area contributed by atoms with Crippen LogP contribution in [-0.4, -0.2) is 9.97 Å². The van der Waals surface area contributed by atoms with E-state index in [4.69, 9.17) is 16.3 Å². The Labute approximate surface area is 128 Å². The summed E-state index contributed by atoms with van der Waals surface area (Å²) in [5.74, 6) is 1.62. The monoisotopic (exact) mass is 300 g/mol. The van der Waals surface area contributed by atoms with E-state index < -0.39 is 0 Å². The van der Waals surface area contributed by atoms with E-state index in [0.29, 0.717) is 0 Å². The number of ether oxygens (including phenoxy) is 1. The summed E-state index contributed by atoms with van der Waals surface area (Å²) in [5, 5.41) is 0.745. The number of H-pyrrole nitrogens is 1. The average molecular weight is 301 g/mol. The van der Waals surface area contributed by atoms with Gasteiger partial charge in [0.2, 0.25) is 0 Å². The number of benzene rings is 2. The van der Waals surface area contributed by atoms with Gasteiger partial charge in [-0.2, -0.15) is 0 Å². The molecule has 3 aromatic rings. The number of fused-ring (bicyclic) bond motifs is 1. The van der Waals surface area contributed by atoms with Crippen LogP contribution in [0.4, 0.5) is 0 Å². The highest BCUT2D eigenvalue weighted by Gasteiger charge is 2.13. The van der Waals surface area contributed by atoms with Crippen molar-refractivity contribution in [3.63, 3.8) is 0 Å². The summed E-state index contributed by atoms with van der Waals surface area (Å²) in [6.45, 7) is 6.00. The average Bonchev–Trinajstić information content (AvgIpc) is 2.89. The van der Waals surface area contributed by atoms with E-state index in [1.807, 2.05) is 44.2 Å². The van der Waals surface area contributed by atoms with Crippen LogP contribution < -0.4 is 4.74 Å². The Hall–Kier alpha value is -2.00. The largest absolute Gasteiger partial charge is 0.483 e. The second-order valence-corrected chi connectivity index (χ2v) is 5.67. The highest BCUT2D eigenvalue weighted by Crippen LogP contribution is 2.26. The number of aromatic amines is 1. The first-order chi connectivity index (χ1) is 10.0. The minimum atomic E-state index is -0.155. The van der Waals surface area contributed by atoms with Gasteiger partial charge in [0.15, 0.2) is 6.10 Å². The fraction of sp³-hybridized carbons (Fsp3) is 0.235. The molecular formula is C17H17ClN2O. The third kappa shape index (κ3) is 2.74. The maximum atomic E-state index is 6.03. The van der Waals surface area contributed by atoms with Gasteiger partial charge < -0.3 is 9.72 Å². The van der Waals surface area contributed by atoms with Crippen LogP contribution in [0.1, 0.15) is 30.0 Å². The summed E-state index contributed by atoms with van der Waals surface area (Å²) in [6, 6.07) is 11.8. The Kier molecular flexibility index (Phi) is 3.60. The van der Waals surface area contributed by atoms with Gasteiger partial charge >= 0.3 is 0 Å². The number of hydrogen-bond donors (Lipinski definition) is 1. The third-order valence-corrected chi connectivity index (χ3v) is 3.98. The topological polar surface area (TPSA) is 37.9 Å². The van der Waals surface area contributed by atoms with Crippen LogP contribution in [0.15, 0.2) is 36.4 Å². The van der Waals surface area contributed by atoms with Crippen LogP contribution in [0, 0.1) is 13.8 Å². The van der Waals surface area contributed by atoms with Crippen LogP contribution in [-0.2, 0) is 0 Å². The Morgan fingerprint density at radius 2 is 1.95 bits per heavy atom. The lowest BCUT2D eigenvalue weighted by Crippen LogP contribution is -2.05. The second-order valence-electron chi connectivity index (χ2n) is 5.26. The zero-order valence-corrected chi connectivity index (χ0v) is 13.0. The molecule has 0 saturated heterocycles. The summed E-state index contributed by atoms with van der Waals surface area (Å²) in [6.07, 6.45) is -0.155. The van der Waals surface area contributed by atoms with E-state index >= 15 is 0 Å². The van der Waals surface area contributed by atoms with Crippen LogP contribution >= 0.6 is 11.6 Å². The Morgan fingerprint density at radius 1 is 1.14 bits per heavy atom. The lowest BCUT2D eigenvalue weighted by molar-refractivity contribution is 0.218. The number of aromatic nitrogens is 2. The van der Waals surface area contributed by atoms with Crippen LogP contribution in [0.2, 0.25) is 5.02 Å². The first-order valence-corrected chi connectivity index (χ1v) is 7.30. The zero-order valence-electron chi connectivity index (χ0n) is 12.3. The maximum absolute atomic E-state index is 6.03. The second kappa shape index (κ2) is 5.41. The summed E-state index contributed by atoms with van der Waals surface area (Å²) < 4.78 is 5.95. The lowest BCUT2D eigenvalue weighted by atomic mass is 10.2. The van der Waals surface area contributed by atoms with Gasteiger partial charge in [0.05, 0.1) is 11.0 Å². The number of imidazole rings is 1. The van der Waals surface area contributed by atoms with Gasteiger partial charge in [0.25, 0.3) is 0 Å². The van der Waals surface area contributed by atoms with Crippen LogP contribution in [0.25, 0.3) is 11.0 Å². The molecule has 0 saturated carbocycles. The minimum absolute atomic E-state index is 0.155. The predicted octanol–water partition coefficient (Wildman–Crippen LogP) is 4.97. The third-order valence-electron chi connectivity index (χ3n) is 3.56. The lowest BCUT2D eigenvalue weighted by Gasteiger charge is -2.13. The van der Waals surface area contributed by atoms with E-state index in [1.54, 1.807) is 0 Å². The molecule has 1 N–H and O–H groups in total. The Bertz CT molecular complexity index is 795. The quantitative estimate of drug-likeness (QED) is 0.741. The van der Waals surface area contributed by atoms with Crippen molar-refractivity contribution in [3.05, 3.63) is 58.4 Å². The fourth-order valence-electron chi connectivity index (χ4n) is 2.34. The molecule has 3 nitrogen and oxygen atoms in total. The van der Waals surface area contributed by atoms with E-state index in [0.717, 1.165) is 38.8 Å². The van der Waals surface area contributed by atoms with E-state index in [9.17, 15) is 0 Å². The Morgan fingerprint density at radius 3 is 2.67 bits per heavy atom. The molecule has 0 aliphatic carbocycles. The molecule has 0 aliphatic rings. The van der Waals surface area contributed by atoms with Crippen molar-refractivity contribution >= 4 is 22.6 Å². The summed E-state index contributed by atoms with van der Waals surface area (Å²) in [7, 11) is 0. The number of aryl methyl sites for hydroxylation is 2. The summed E-state index contributed by atoms with van der Waals surface area (Å²) in [4.78, 5) is 7.96. The Balaban J connectivity index is 1.87. The molecule has 2 aromatic carbocycles. The molecular weight excluding hydrogens is 284 g/mol. The van der Waals surface area contributed by atoms with Crippen molar-refractivity contribution in [1.29, 1.82) is 0 Å². The van der Waals surface area contributed by atoms with Crippen molar-refractivity contribution in [2.24, 2.45) is 0 Å². The number of halogens is 1. The fourth-order valence-corrected chi connectivity index (χ4v) is 2.46. The molecule has 0 fully saturated rings. The van der Waals surface area contributed by atoms with Gasteiger partial charge in [-0.25, -0.2) is 4.98 Å². The van der Waals surface area contributed by atoms with Gasteiger partial charge in [0, 0.05) is 5.02 Å². The summed E-state index contributed by atoms with van der Waals surface area (Å²) >= 11 is 6.03. The first-order valence-electron chi connectivity index (χ1n) is 6.92. The molecule has 21 heavy (non-hydrogen) atoms. The van der Waals surface area contributed by atoms with Gasteiger partial charge in [-0.15, -0.1) is 0 Å². The van der Waals surface area contributed by atoms with Crippen molar-refractivity contribution < 1.29 is 4.74 Å². The molecule has 0 unspecified atom stereocenters. The first kappa shape index (κ1) is 14.0. The highest BCUT2D eigenvalue weighted by molar-refractivity contribution is 6.31. The number of para-hydroxylation sites is 1. The van der Waals surface area contributed by atoms with Crippen LogP contribution in [0.5, 0.6) is 5.75 Å². The SMILES string of the molecule is Cc1cc(O[C@@H](C)c2nc3c(C)cccc3[nH]2)ccc1Cl. The summed E-state index contributed by atoms with van der Waals surface area (Å²) in [5.41, 5.74) is 4.19. The number of hydrogen-bond acceptors (Lipinski definition) is 2.